The maximum atomic E-state index is 11.6. The average Bonchev–Trinajstić information content (AvgIpc) is 2.55. The summed E-state index contributed by atoms with van der Waals surface area (Å²) in [6.45, 7) is 2.00. The summed E-state index contributed by atoms with van der Waals surface area (Å²) in [5.41, 5.74) is 0.383. The van der Waals surface area contributed by atoms with E-state index in [0.717, 1.165) is 37.8 Å². The molecule has 2 atom stereocenters. The molecule has 2 rings (SSSR count). The molecule has 0 aromatic heterocycles. The Morgan fingerprint density at radius 2 is 1.71 bits per heavy atom. The monoisotopic (exact) mass is 337 g/mol. The lowest BCUT2D eigenvalue weighted by molar-refractivity contribution is -0.392. The van der Waals surface area contributed by atoms with E-state index in [4.69, 9.17) is 5.84 Å². The van der Waals surface area contributed by atoms with Crippen LogP contribution in [-0.4, -0.2) is 21.8 Å². The first kappa shape index (κ1) is 17.6. The van der Waals surface area contributed by atoms with Crippen LogP contribution in [0, 0.1) is 26.1 Å². The first-order valence-electron chi connectivity index (χ1n) is 7.59. The zero-order valence-corrected chi connectivity index (χ0v) is 13.2. The number of carbonyl (C=O) groups is 1. The van der Waals surface area contributed by atoms with E-state index in [1.807, 2.05) is 12.3 Å². The van der Waals surface area contributed by atoms with Crippen LogP contribution in [0.4, 0.5) is 17.1 Å². The topological polar surface area (TPSA) is 153 Å². The number of hydrazine groups is 1. The van der Waals surface area contributed by atoms with Crippen molar-refractivity contribution in [3.63, 3.8) is 0 Å². The standard InChI is InChI=1S/C14H19N5O5/c1-8-4-2-3-5-10(8)16-13-11(18(21)22)6-9(14(20)17-15)7-12(13)19(23)24/h6-8,10,16H,2-5,15H2,1H3,(H,17,20). The molecule has 1 aromatic rings. The molecule has 1 aromatic carbocycles. The van der Waals surface area contributed by atoms with Gasteiger partial charge in [-0.25, -0.2) is 5.84 Å². The number of amides is 1. The second-order valence-corrected chi connectivity index (χ2v) is 5.89. The Kier molecular flexibility index (Phi) is 5.29. The number of nitrogens with one attached hydrogen (secondary N) is 2. The minimum atomic E-state index is -0.834. The number of anilines is 1. The highest BCUT2D eigenvalue weighted by molar-refractivity contribution is 5.97. The number of nitrogen functional groups attached to an aromatic ring is 1. The molecule has 1 aliphatic rings. The predicted molar refractivity (Wildman–Crippen MR) is 86.4 cm³/mol. The summed E-state index contributed by atoms with van der Waals surface area (Å²) >= 11 is 0. The van der Waals surface area contributed by atoms with Crippen molar-refractivity contribution in [1.29, 1.82) is 0 Å². The van der Waals surface area contributed by atoms with E-state index in [9.17, 15) is 25.0 Å². The van der Waals surface area contributed by atoms with Crippen LogP contribution < -0.4 is 16.6 Å². The maximum Gasteiger partial charge on any atom is 0.300 e. The smallest absolute Gasteiger partial charge is 0.300 e. The highest BCUT2D eigenvalue weighted by Gasteiger charge is 2.32. The summed E-state index contributed by atoms with van der Waals surface area (Å²) in [6.07, 6.45) is 3.75. The van der Waals surface area contributed by atoms with Gasteiger partial charge in [0.1, 0.15) is 0 Å². The molecule has 0 heterocycles. The van der Waals surface area contributed by atoms with Crippen LogP contribution >= 0.6 is 0 Å². The molecular weight excluding hydrogens is 318 g/mol. The van der Waals surface area contributed by atoms with Crippen molar-refractivity contribution in [2.75, 3.05) is 5.32 Å². The Hall–Kier alpha value is -2.75. The van der Waals surface area contributed by atoms with E-state index < -0.39 is 27.1 Å². The number of carbonyl (C=O) groups excluding carboxylic acids is 1. The first-order chi connectivity index (χ1) is 11.3. The molecule has 2 unspecified atom stereocenters. The molecule has 0 saturated heterocycles. The fraction of sp³-hybridized carbons (Fsp3) is 0.500. The number of hydrogen-bond acceptors (Lipinski definition) is 7. The largest absolute Gasteiger partial charge is 0.371 e. The average molecular weight is 337 g/mol. The lowest BCUT2D eigenvalue weighted by atomic mass is 9.85. The molecule has 1 fully saturated rings. The quantitative estimate of drug-likeness (QED) is 0.322. The zero-order chi connectivity index (χ0) is 17.9. The van der Waals surface area contributed by atoms with Gasteiger partial charge in [-0.1, -0.05) is 19.8 Å². The van der Waals surface area contributed by atoms with Gasteiger partial charge in [-0.15, -0.1) is 0 Å². The van der Waals surface area contributed by atoms with Gasteiger partial charge in [0.05, 0.1) is 15.4 Å². The fourth-order valence-electron chi connectivity index (χ4n) is 2.98. The summed E-state index contributed by atoms with van der Waals surface area (Å²) in [6, 6.07) is 1.89. The third-order valence-electron chi connectivity index (χ3n) is 4.32. The molecule has 0 bridgehead atoms. The molecule has 10 heteroatoms. The molecule has 1 aliphatic carbocycles. The Morgan fingerprint density at radius 1 is 1.17 bits per heavy atom. The Labute approximate surface area is 137 Å². The van der Waals surface area contributed by atoms with Crippen LogP contribution in [-0.2, 0) is 0 Å². The van der Waals surface area contributed by atoms with Gasteiger partial charge in [-0.2, -0.15) is 0 Å². The number of nitro benzene ring substituents is 2. The minimum absolute atomic E-state index is 0.0923. The molecule has 24 heavy (non-hydrogen) atoms. The lowest BCUT2D eigenvalue weighted by Gasteiger charge is -2.30. The number of nitrogens with two attached hydrogens (primary N) is 1. The second-order valence-electron chi connectivity index (χ2n) is 5.89. The van der Waals surface area contributed by atoms with Gasteiger partial charge in [-0.05, 0) is 18.8 Å². The van der Waals surface area contributed by atoms with E-state index in [1.54, 1.807) is 0 Å². The summed E-state index contributed by atoms with van der Waals surface area (Å²) in [5, 5.41) is 25.7. The number of nitrogens with zero attached hydrogens (tertiary/aromatic N) is 2. The van der Waals surface area contributed by atoms with Gasteiger partial charge in [-0.3, -0.25) is 30.4 Å². The zero-order valence-electron chi connectivity index (χ0n) is 13.2. The molecule has 0 spiro atoms. The van der Waals surface area contributed by atoms with Gasteiger partial charge in [0.25, 0.3) is 17.3 Å². The van der Waals surface area contributed by atoms with Gasteiger partial charge >= 0.3 is 0 Å². The number of nitro groups is 2. The molecule has 4 N–H and O–H groups in total. The molecule has 1 saturated carbocycles. The van der Waals surface area contributed by atoms with Gasteiger partial charge < -0.3 is 5.32 Å². The summed E-state index contributed by atoms with van der Waals surface area (Å²) < 4.78 is 0. The number of benzene rings is 1. The van der Waals surface area contributed by atoms with Crippen LogP contribution in [0.5, 0.6) is 0 Å². The SMILES string of the molecule is CC1CCCCC1Nc1c([N+](=O)[O-])cc(C(=O)NN)cc1[N+](=O)[O-]. The highest BCUT2D eigenvalue weighted by Crippen LogP contribution is 2.38. The molecule has 130 valence electrons. The van der Waals surface area contributed by atoms with Crippen molar-refractivity contribution in [2.24, 2.45) is 11.8 Å². The van der Waals surface area contributed by atoms with E-state index in [2.05, 4.69) is 5.32 Å². The Morgan fingerprint density at radius 3 is 2.17 bits per heavy atom. The predicted octanol–water partition coefficient (Wildman–Crippen LogP) is 2.10. The molecular formula is C14H19N5O5. The van der Waals surface area contributed by atoms with E-state index in [1.165, 1.54) is 0 Å². The van der Waals surface area contributed by atoms with Gasteiger partial charge in [0.2, 0.25) is 0 Å². The van der Waals surface area contributed by atoms with Crippen molar-refractivity contribution in [3.05, 3.63) is 37.9 Å². The molecule has 0 radical (unpaired) electrons. The number of hydrogen-bond donors (Lipinski definition) is 3. The maximum absolute atomic E-state index is 11.6. The van der Waals surface area contributed by atoms with Crippen LogP contribution in [0.2, 0.25) is 0 Å². The summed E-state index contributed by atoms with van der Waals surface area (Å²) in [4.78, 5) is 32.9. The summed E-state index contributed by atoms with van der Waals surface area (Å²) in [7, 11) is 0. The van der Waals surface area contributed by atoms with Crippen LogP contribution in [0.25, 0.3) is 0 Å². The second kappa shape index (κ2) is 7.21. The normalized spacial score (nSPS) is 20.2. The Balaban J connectivity index is 2.52. The number of rotatable bonds is 5. The van der Waals surface area contributed by atoms with Crippen molar-refractivity contribution in [1.82, 2.24) is 5.43 Å². The fourth-order valence-corrected chi connectivity index (χ4v) is 2.98. The van der Waals surface area contributed by atoms with Crippen LogP contribution in [0.1, 0.15) is 43.0 Å². The third-order valence-corrected chi connectivity index (χ3v) is 4.32. The molecule has 0 aliphatic heterocycles. The highest BCUT2D eigenvalue weighted by atomic mass is 16.6. The van der Waals surface area contributed by atoms with Gasteiger partial charge in [0.15, 0.2) is 5.69 Å². The molecule has 10 nitrogen and oxygen atoms in total. The minimum Gasteiger partial charge on any atom is -0.371 e. The van der Waals surface area contributed by atoms with E-state index >= 15 is 0 Å². The van der Waals surface area contributed by atoms with Crippen molar-refractivity contribution in [2.45, 2.75) is 38.6 Å². The van der Waals surface area contributed by atoms with Crippen molar-refractivity contribution < 1.29 is 14.6 Å². The van der Waals surface area contributed by atoms with Crippen molar-refractivity contribution >= 4 is 23.0 Å². The third kappa shape index (κ3) is 3.59. The van der Waals surface area contributed by atoms with E-state index in [0.29, 0.717) is 0 Å². The molecule has 1 amide bonds. The summed E-state index contributed by atoms with van der Waals surface area (Å²) in [5.74, 6) is 4.41. The van der Waals surface area contributed by atoms with Crippen LogP contribution in [0.3, 0.4) is 0 Å². The van der Waals surface area contributed by atoms with E-state index in [-0.39, 0.29) is 23.2 Å². The Bertz CT molecular complexity index is 643. The lowest BCUT2D eigenvalue weighted by Crippen LogP contribution is -2.32. The first-order valence-corrected chi connectivity index (χ1v) is 7.59. The van der Waals surface area contributed by atoms with Crippen LogP contribution in [0.15, 0.2) is 12.1 Å². The van der Waals surface area contributed by atoms with Crippen molar-refractivity contribution in [3.8, 4) is 0 Å². The van der Waals surface area contributed by atoms with Gasteiger partial charge in [0, 0.05) is 18.2 Å².